The van der Waals surface area contributed by atoms with Gasteiger partial charge >= 0.3 is 12.0 Å². The van der Waals surface area contributed by atoms with Crippen molar-refractivity contribution in [3.63, 3.8) is 0 Å². The molecule has 2 amide bonds. The molecule has 0 aliphatic carbocycles. The van der Waals surface area contributed by atoms with E-state index in [1.807, 2.05) is 6.92 Å². The third kappa shape index (κ3) is 4.82. The van der Waals surface area contributed by atoms with E-state index in [0.717, 1.165) is 19.3 Å². The number of terminal acetylenes is 1. The summed E-state index contributed by atoms with van der Waals surface area (Å²) in [4.78, 5) is 26.5. The highest BCUT2D eigenvalue weighted by Gasteiger charge is 2.27. The number of carbonyl (C=O) groups excluding carboxylic acids is 1. The van der Waals surface area contributed by atoms with Crippen LogP contribution in [0.5, 0.6) is 0 Å². The molecule has 0 saturated carbocycles. The summed E-state index contributed by atoms with van der Waals surface area (Å²) in [7, 11) is 0. The van der Waals surface area contributed by atoms with Gasteiger partial charge in [0.15, 0.2) is 0 Å². The number of nitrogens with zero attached hydrogens (tertiary/aromatic N) is 2. The zero-order valence-corrected chi connectivity index (χ0v) is 11.5. The highest BCUT2D eigenvalue weighted by atomic mass is 16.4. The van der Waals surface area contributed by atoms with Crippen LogP contribution in [-0.2, 0) is 4.79 Å². The van der Waals surface area contributed by atoms with Crippen LogP contribution in [0.4, 0.5) is 4.79 Å². The van der Waals surface area contributed by atoms with Gasteiger partial charge in [-0.1, -0.05) is 12.8 Å². The largest absolute Gasteiger partial charge is 0.481 e. The summed E-state index contributed by atoms with van der Waals surface area (Å²) in [6.07, 6.45) is 8.01. The van der Waals surface area contributed by atoms with Gasteiger partial charge in [-0.3, -0.25) is 4.79 Å². The first kappa shape index (κ1) is 15.4. The van der Waals surface area contributed by atoms with Crippen LogP contribution in [0.25, 0.3) is 0 Å². The predicted octanol–water partition coefficient (Wildman–Crippen LogP) is 1.64. The maximum Gasteiger partial charge on any atom is 0.320 e. The maximum absolute atomic E-state index is 12.3. The van der Waals surface area contributed by atoms with Gasteiger partial charge in [-0.2, -0.15) is 0 Å². The first-order valence-electron chi connectivity index (χ1n) is 6.77. The number of aliphatic carboxylic acids is 1. The molecule has 0 bridgehead atoms. The Balaban J connectivity index is 2.59. The van der Waals surface area contributed by atoms with E-state index in [0.29, 0.717) is 26.2 Å². The minimum Gasteiger partial charge on any atom is -0.481 e. The van der Waals surface area contributed by atoms with Crippen molar-refractivity contribution in [2.45, 2.75) is 32.6 Å². The normalized spacial score (nSPS) is 18.7. The Morgan fingerprint density at radius 1 is 1.53 bits per heavy atom. The standard InChI is InChI=1S/C14H22N2O3/c1-3-7-15(8-4-2)14(19)16-9-5-6-12(11-16)10-13(17)18/h1,12H,4-11H2,2H3,(H,17,18). The lowest BCUT2D eigenvalue weighted by Crippen LogP contribution is -2.48. The number of carboxylic acids is 1. The number of piperidine rings is 1. The van der Waals surface area contributed by atoms with E-state index in [9.17, 15) is 9.59 Å². The minimum atomic E-state index is -0.798. The Morgan fingerprint density at radius 3 is 2.84 bits per heavy atom. The van der Waals surface area contributed by atoms with Crippen LogP contribution in [0.2, 0.25) is 0 Å². The molecule has 1 aliphatic heterocycles. The monoisotopic (exact) mass is 266 g/mol. The summed E-state index contributed by atoms with van der Waals surface area (Å²) < 4.78 is 0. The zero-order valence-electron chi connectivity index (χ0n) is 11.5. The molecule has 1 aliphatic rings. The molecule has 5 heteroatoms. The number of hydrogen-bond donors (Lipinski definition) is 1. The Labute approximate surface area is 114 Å². The summed E-state index contributed by atoms with van der Waals surface area (Å²) in [6, 6.07) is -0.0603. The van der Waals surface area contributed by atoms with Crippen LogP contribution in [0.1, 0.15) is 32.6 Å². The summed E-state index contributed by atoms with van der Waals surface area (Å²) in [5.41, 5.74) is 0. The van der Waals surface area contributed by atoms with E-state index < -0.39 is 5.97 Å². The van der Waals surface area contributed by atoms with Gasteiger partial charge in [0.2, 0.25) is 0 Å². The fourth-order valence-electron chi connectivity index (χ4n) is 2.47. The molecule has 1 atom stereocenters. The third-order valence-corrected chi connectivity index (χ3v) is 3.30. The van der Waals surface area contributed by atoms with E-state index in [4.69, 9.17) is 11.5 Å². The molecule has 1 fully saturated rings. The molecule has 1 heterocycles. The lowest BCUT2D eigenvalue weighted by atomic mass is 9.95. The van der Waals surface area contributed by atoms with E-state index >= 15 is 0 Å². The summed E-state index contributed by atoms with van der Waals surface area (Å²) >= 11 is 0. The van der Waals surface area contributed by atoms with Crippen molar-refractivity contribution in [2.75, 3.05) is 26.2 Å². The first-order chi connectivity index (χ1) is 9.08. The predicted molar refractivity (Wildman–Crippen MR) is 72.6 cm³/mol. The van der Waals surface area contributed by atoms with Crippen molar-refractivity contribution >= 4 is 12.0 Å². The number of rotatable bonds is 5. The molecular weight excluding hydrogens is 244 g/mol. The van der Waals surface area contributed by atoms with Gasteiger partial charge in [-0.05, 0) is 25.2 Å². The molecular formula is C14H22N2O3. The van der Waals surface area contributed by atoms with Crippen LogP contribution in [-0.4, -0.2) is 53.1 Å². The average molecular weight is 266 g/mol. The molecule has 0 aromatic carbocycles. The topological polar surface area (TPSA) is 60.9 Å². The third-order valence-electron chi connectivity index (χ3n) is 3.30. The number of urea groups is 1. The molecule has 0 spiro atoms. The van der Waals surface area contributed by atoms with Crippen LogP contribution in [0.15, 0.2) is 0 Å². The summed E-state index contributed by atoms with van der Waals surface area (Å²) in [6.45, 7) is 4.17. The van der Waals surface area contributed by atoms with E-state index in [-0.39, 0.29) is 18.4 Å². The van der Waals surface area contributed by atoms with Crippen LogP contribution < -0.4 is 0 Å². The molecule has 106 valence electrons. The zero-order chi connectivity index (χ0) is 14.3. The molecule has 19 heavy (non-hydrogen) atoms. The van der Waals surface area contributed by atoms with Crippen molar-refractivity contribution in [2.24, 2.45) is 5.92 Å². The van der Waals surface area contributed by atoms with Crippen molar-refractivity contribution < 1.29 is 14.7 Å². The molecule has 1 N–H and O–H groups in total. The van der Waals surface area contributed by atoms with Crippen molar-refractivity contribution in [1.82, 2.24) is 9.80 Å². The number of carboxylic acid groups (broad SMARTS) is 1. The van der Waals surface area contributed by atoms with Gasteiger partial charge in [-0.25, -0.2) is 4.79 Å². The van der Waals surface area contributed by atoms with Crippen LogP contribution >= 0.6 is 0 Å². The second-order valence-electron chi connectivity index (χ2n) is 4.96. The highest BCUT2D eigenvalue weighted by molar-refractivity contribution is 5.75. The van der Waals surface area contributed by atoms with Gasteiger partial charge in [0.1, 0.15) is 0 Å². The minimum absolute atomic E-state index is 0.0597. The number of carbonyl (C=O) groups is 2. The number of amides is 2. The number of hydrogen-bond acceptors (Lipinski definition) is 2. The molecule has 0 aromatic heterocycles. The van der Waals surface area contributed by atoms with Crippen LogP contribution in [0.3, 0.4) is 0 Å². The summed E-state index contributed by atoms with van der Waals surface area (Å²) in [5, 5.41) is 8.83. The average Bonchev–Trinajstić information content (AvgIpc) is 2.37. The second-order valence-corrected chi connectivity index (χ2v) is 4.96. The highest BCUT2D eigenvalue weighted by Crippen LogP contribution is 2.20. The smallest absolute Gasteiger partial charge is 0.320 e. The number of likely N-dealkylation sites (tertiary alicyclic amines) is 1. The molecule has 0 radical (unpaired) electrons. The molecule has 1 rings (SSSR count). The van der Waals surface area contributed by atoms with Gasteiger partial charge < -0.3 is 14.9 Å². The Kier molecular flexibility index (Phi) is 6.20. The van der Waals surface area contributed by atoms with Crippen molar-refractivity contribution in [1.29, 1.82) is 0 Å². The lowest BCUT2D eigenvalue weighted by molar-refractivity contribution is -0.138. The van der Waals surface area contributed by atoms with Crippen LogP contribution in [0, 0.1) is 18.3 Å². The molecule has 1 saturated heterocycles. The van der Waals surface area contributed by atoms with Crippen molar-refractivity contribution in [3.8, 4) is 12.3 Å². The SMILES string of the molecule is C#CCN(CCC)C(=O)N1CCCC(CC(=O)O)C1. The van der Waals surface area contributed by atoms with E-state index in [1.54, 1.807) is 9.80 Å². The Morgan fingerprint density at radius 2 is 2.26 bits per heavy atom. The van der Waals surface area contributed by atoms with Crippen molar-refractivity contribution in [3.05, 3.63) is 0 Å². The van der Waals surface area contributed by atoms with Gasteiger partial charge in [0.05, 0.1) is 6.54 Å². The summed E-state index contributed by atoms with van der Waals surface area (Å²) in [5.74, 6) is 1.76. The van der Waals surface area contributed by atoms with Gasteiger partial charge in [0, 0.05) is 26.1 Å². The lowest BCUT2D eigenvalue weighted by Gasteiger charge is -2.35. The Bertz CT molecular complexity index is 362. The molecule has 0 aromatic rings. The first-order valence-corrected chi connectivity index (χ1v) is 6.77. The van der Waals surface area contributed by atoms with E-state index in [1.165, 1.54) is 0 Å². The quantitative estimate of drug-likeness (QED) is 0.769. The molecule has 1 unspecified atom stereocenters. The maximum atomic E-state index is 12.3. The van der Waals surface area contributed by atoms with Gasteiger partial charge in [0.25, 0.3) is 0 Å². The van der Waals surface area contributed by atoms with E-state index in [2.05, 4.69) is 5.92 Å². The molecule has 5 nitrogen and oxygen atoms in total. The van der Waals surface area contributed by atoms with Gasteiger partial charge in [-0.15, -0.1) is 6.42 Å². The Hall–Kier alpha value is -1.70. The second kappa shape index (κ2) is 7.67. The fraction of sp³-hybridized carbons (Fsp3) is 0.714. The fourth-order valence-corrected chi connectivity index (χ4v) is 2.47.